The maximum absolute atomic E-state index is 13.8. The lowest BCUT2D eigenvalue weighted by Crippen LogP contribution is -2.52. The predicted octanol–water partition coefficient (Wildman–Crippen LogP) is 4.50. The first kappa shape index (κ1) is 28.3. The zero-order chi connectivity index (χ0) is 28.0. The topological polar surface area (TPSA) is 86.8 Å². The van der Waals surface area contributed by atoms with Gasteiger partial charge in [0.15, 0.2) is 0 Å². The molecule has 1 unspecified atom stereocenters. The zero-order valence-electron chi connectivity index (χ0n) is 21.7. The van der Waals surface area contributed by atoms with E-state index in [1.807, 2.05) is 54.6 Å². The largest absolute Gasteiger partial charge is 0.357 e. The Balaban J connectivity index is 1.66. The van der Waals surface area contributed by atoms with Crippen LogP contribution in [-0.4, -0.2) is 56.1 Å². The highest BCUT2D eigenvalue weighted by molar-refractivity contribution is 7.89. The number of hydrogen-bond acceptors (Lipinski definition) is 4. The number of fused-ring (bicyclic) bond motifs is 1. The second-order valence-corrected chi connectivity index (χ2v) is 11.7. The molecular weight excluding hydrogens is 534 g/mol. The van der Waals surface area contributed by atoms with E-state index in [-0.39, 0.29) is 23.8 Å². The third kappa shape index (κ3) is 6.65. The minimum absolute atomic E-state index is 0.0350. The standard InChI is InChI=1S/C30H30ClN3O4S/c1-32-30(36)28(18-22-10-4-3-5-11-22)34(20-25-14-8-9-15-27(25)31)29(35)21-33(2)39(37,38)26-17-16-23-12-6-7-13-24(23)19-26/h3-17,19,28H,18,20-21H2,1-2H3,(H,32,36). The van der Waals surface area contributed by atoms with Gasteiger partial charge in [-0.25, -0.2) is 8.42 Å². The highest BCUT2D eigenvalue weighted by Gasteiger charge is 2.33. The molecule has 0 aromatic heterocycles. The van der Waals surface area contributed by atoms with Crippen LogP contribution >= 0.6 is 11.6 Å². The van der Waals surface area contributed by atoms with Gasteiger partial charge in [-0.05, 0) is 40.1 Å². The van der Waals surface area contributed by atoms with Crippen LogP contribution in [0.3, 0.4) is 0 Å². The molecule has 4 aromatic carbocycles. The summed E-state index contributed by atoms with van der Waals surface area (Å²) in [7, 11) is -1.12. The summed E-state index contributed by atoms with van der Waals surface area (Å²) in [6.07, 6.45) is 0.248. The first-order valence-corrected chi connectivity index (χ1v) is 14.3. The molecule has 1 atom stereocenters. The summed E-state index contributed by atoms with van der Waals surface area (Å²) in [5.74, 6) is -0.884. The number of likely N-dealkylation sites (N-methyl/N-ethyl adjacent to an activating group) is 2. The lowest BCUT2D eigenvalue weighted by molar-refractivity contribution is -0.141. The number of benzene rings is 4. The molecule has 0 saturated heterocycles. The fourth-order valence-electron chi connectivity index (χ4n) is 4.40. The highest BCUT2D eigenvalue weighted by atomic mass is 35.5. The molecule has 4 aromatic rings. The first-order chi connectivity index (χ1) is 18.7. The highest BCUT2D eigenvalue weighted by Crippen LogP contribution is 2.23. The smallest absolute Gasteiger partial charge is 0.243 e. The molecule has 0 aliphatic carbocycles. The van der Waals surface area contributed by atoms with Crippen LogP contribution < -0.4 is 5.32 Å². The summed E-state index contributed by atoms with van der Waals surface area (Å²) in [5.41, 5.74) is 1.51. The number of carbonyl (C=O) groups excluding carboxylic acids is 2. The van der Waals surface area contributed by atoms with Crippen LogP contribution in [0.25, 0.3) is 10.8 Å². The molecule has 39 heavy (non-hydrogen) atoms. The molecule has 4 rings (SSSR count). The maximum Gasteiger partial charge on any atom is 0.243 e. The summed E-state index contributed by atoms with van der Waals surface area (Å²) in [5, 5.41) is 4.79. The molecule has 0 saturated carbocycles. The number of rotatable bonds is 10. The van der Waals surface area contributed by atoms with Gasteiger partial charge in [0.25, 0.3) is 0 Å². The van der Waals surface area contributed by atoms with Gasteiger partial charge in [0.2, 0.25) is 21.8 Å². The Morgan fingerprint density at radius 1 is 0.872 bits per heavy atom. The van der Waals surface area contributed by atoms with E-state index in [1.54, 1.807) is 36.4 Å². The van der Waals surface area contributed by atoms with E-state index < -0.39 is 28.5 Å². The average Bonchev–Trinajstić information content (AvgIpc) is 2.95. The Hall–Kier alpha value is -3.72. The molecule has 0 heterocycles. The van der Waals surface area contributed by atoms with Crippen molar-refractivity contribution in [3.05, 3.63) is 113 Å². The molecule has 0 bridgehead atoms. The first-order valence-electron chi connectivity index (χ1n) is 12.4. The third-order valence-electron chi connectivity index (χ3n) is 6.60. The Labute approximate surface area is 234 Å². The molecule has 202 valence electrons. The zero-order valence-corrected chi connectivity index (χ0v) is 23.3. The number of amides is 2. The molecule has 2 amide bonds. The number of nitrogens with zero attached hydrogens (tertiary/aromatic N) is 2. The van der Waals surface area contributed by atoms with Gasteiger partial charge in [-0.2, -0.15) is 4.31 Å². The van der Waals surface area contributed by atoms with E-state index in [1.165, 1.54) is 25.1 Å². The van der Waals surface area contributed by atoms with E-state index in [9.17, 15) is 18.0 Å². The molecule has 0 fully saturated rings. The molecule has 9 heteroatoms. The number of nitrogens with one attached hydrogen (secondary N) is 1. The molecule has 0 spiro atoms. The predicted molar refractivity (Wildman–Crippen MR) is 154 cm³/mol. The number of sulfonamides is 1. The second kappa shape index (κ2) is 12.4. The van der Waals surface area contributed by atoms with Crippen molar-refractivity contribution < 1.29 is 18.0 Å². The maximum atomic E-state index is 13.8. The van der Waals surface area contributed by atoms with Crippen molar-refractivity contribution in [1.82, 2.24) is 14.5 Å². The van der Waals surface area contributed by atoms with E-state index in [0.29, 0.717) is 10.6 Å². The molecule has 0 aliphatic rings. The van der Waals surface area contributed by atoms with Crippen molar-refractivity contribution in [2.45, 2.75) is 23.9 Å². The lowest BCUT2D eigenvalue weighted by atomic mass is 10.0. The van der Waals surface area contributed by atoms with Crippen LogP contribution in [0, 0.1) is 0 Å². The third-order valence-corrected chi connectivity index (χ3v) is 8.77. The van der Waals surface area contributed by atoms with Crippen molar-refractivity contribution >= 4 is 44.2 Å². The van der Waals surface area contributed by atoms with Crippen LogP contribution in [0.4, 0.5) is 0 Å². The number of hydrogen-bond donors (Lipinski definition) is 1. The molecule has 0 radical (unpaired) electrons. The monoisotopic (exact) mass is 563 g/mol. The van der Waals surface area contributed by atoms with Crippen molar-refractivity contribution in [3.8, 4) is 0 Å². The minimum Gasteiger partial charge on any atom is -0.357 e. The van der Waals surface area contributed by atoms with Gasteiger partial charge in [-0.15, -0.1) is 0 Å². The van der Waals surface area contributed by atoms with Gasteiger partial charge in [-0.1, -0.05) is 90.5 Å². The van der Waals surface area contributed by atoms with Crippen LogP contribution in [0.5, 0.6) is 0 Å². The normalized spacial score (nSPS) is 12.3. The van der Waals surface area contributed by atoms with E-state index >= 15 is 0 Å². The van der Waals surface area contributed by atoms with Gasteiger partial charge < -0.3 is 10.2 Å². The molecule has 7 nitrogen and oxygen atoms in total. The Morgan fingerprint density at radius 3 is 2.21 bits per heavy atom. The number of carbonyl (C=O) groups is 2. The molecular formula is C30H30ClN3O4S. The Morgan fingerprint density at radius 2 is 1.51 bits per heavy atom. The summed E-state index contributed by atoms with van der Waals surface area (Å²) in [6.45, 7) is -0.421. The number of halogens is 1. The van der Waals surface area contributed by atoms with E-state index in [2.05, 4.69) is 5.32 Å². The van der Waals surface area contributed by atoms with E-state index in [0.717, 1.165) is 20.6 Å². The van der Waals surface area contributed by atoms with Gasteiger partial charge in [0, 0.05) is 32.1 Å². The average molecular weight is 564 g/mol. The summed E-state index contributed by atoms with van der Waals surface area (Å²) < 4.78 is 27.9. The van der Waals surface area contributed by atoms with Crippen molar-refractivity contribution in [3.63, 3.8) is 0 Å². The van der Waals surface area contributed by atoms with Gasteiger partial charge in [0.05, 0.1) is 11.4 Å². The van der Waals surface area contributed by atoms with Crippen LogP contribution in [0.2, 0.25) is 5.02 Å². The summed E-state index contributed by atoms with van der Waals surface area (Å²) >= 11 is 6.41. The minimum atomic E-state index is -3.99. The fraction of sp³-hybridized carbons (Fsp3) is 0.200. The lowest BCUT2D eigenvalue weighted by Gasteiger charge is -2.32. The van der Waals surface area contributed by atoms with Crippen molar-refractivity contribution in [1.29, 1.82) is 0 Å². The van der Waals surface area contributed by atoms with Crippen LogP contribution in [0.15, 0.2) is 102 Å². The van der Waals surface area contributed by atoms with Gasteiger partial charge in [-0.3, -0.25) is 9.59 Å². The SMILES string of the molecule is CNC(=O)C(Cc1ccccc1)N(Cc1ccccc1Cl)C(=O)CN(C)S(=O)(=O)c1ccc2ccccc2c1. The van der Waals surface area contributed by atoms with Crippen molar-refractivity contribution in [2.75, 3.05) is 20.6 Å². The second-order valence-electron chi connectivity index (χ2n) is 9.20. The van der Waals surface area contributed by atoms with Gasteiger partial charge >= 0.3 is 0 Å². The Bertz CT molecular complexity index is 1580. The Kier molecular flexibility index (Phi) is 9.01. The molecule has 1 N–H and O–H groups in total. The van der Waals surface area contributed by atoms with Crippen LogP contribution in [0.1, 0.15) is 11.1 Å². The van der Waals surface area contributed by atoms with Crippen LogP contribution in [-0.2, 0) is 32.6 Å². The molecule has 0 aliphatic heterocycles. The van der Waals surface area contributed by atoms with Gasteiger partial charge in [0.1, 0.15) is 6.04 Å². The fourth-order valence-corrected chi connectivity index (χ4v) is 5.76. The quantitative estimate of drug-likeness (QED) is 0.308. The van der Waals surface area contributed by atoms with E-state index in [4.69, 9.17) is 11.6 Å². The summed E-state index contributed by atoms with van der Waals surface area (Å²) in [6, 6.07) is 27.8. The summed E-state index contributed by atoms with van der Waals surface area (Å²) in [4.78, 5) is 28.4. The van der Waals surface area contributed by atoms with Crippen molar-refractivity contribution in [2.24, 2.45) is 0 Å².